The standard InChI is InChI=1S/C27H31F3N4O4.2H2/c1-3-31-27(10-4-5-11-38-15-27)14-23(24(35)32-16(2)19-8-6-18(29)13-21(19)30)34-25(36)20-12-17(28)7-9-22(20)33-26(34)37;;/h6-9,12-13,16,23,31H,3-5,10-11,14-15H2,1-2H3,(H,32,35)(H,33,37);2*1H/t16-,23-,27+;;/m0../s1. The van der Waals surface area contributed by atoms with Crippen molar-refractivity contribution < 1.29 is 25.6 Å². The molecule has 0 radical (unpaired) electrons. The second-order valence-electron chi connectivity index (χ2n) is 9.73. The second kappa shape index (κ2) is 11.5. The number of H-pyrrole nitrogens is 1. The maximum Gasteiger partial charge on any atom is 0.329 e. The summed E-state index contributed by atoms with van der Waals surface area (Å²) in [7, 11) is 0. The van der Waals surface area contributed by atoms with Gasteiger partial charge in [-0.25, -0.2) is 22.5 Å². The molecule has 4 rings (SSSR count). The fourth-order valence-electron chi connectivity index (χ4n) is 5.15. The van der Waals surface area contributed by atoms with Gasteiger partial charge in [0, 0.05) is 26.6 Å². The predicted molar refractivity (Wildman–Crippen MR) is 141 cm³/mol. The van der Waals surface area contributed by atoms with Crippen molar-refractivity contribution in [1.82, 2.24) is 20.2 Å². The van der Waals surface area contributed by atoms with Crippen molar-refractivity contribution >= 4 is 16.8 Å². The molecule has 2 aromatic carbocycles. The first-order valence-electron chi connectivity index (χ1n) is 12.7. The predicted octanol–water partition coefficient (Wildman–Crippen LogP) is 3.96. The summed E-state index contributed by atoms with van der Waals surface area (Å²) in [6, 6.07) is 4.18. The number of ether oxygens (including phenoxy) is 1. The van der Waals surface area contributed by atoms with E-state index in [0.717, 1.165) is 35.6 Å². The van der Waals surface area contributed by atoms with Crippen LogP contribution >= 0.6 is 0 Å². The number of carbonyl (C=O) groups excluding carboxylic acids is 1. The molecule has 11 heteroatoms. The molecule has 1 aliphatic heterocycles. The number of fused-ring (bicyclic) bond motifs is 1. The fraction of sp³-hybridized carbons (Fsp3) is 0.444. The molecule has 3 aromatic rings. The van der Waals surface area contributed by atoms with Crippen LogP contribution in [0.25, 0.3) is 10.9 Å². The number of halogens is 3. The number of nitrogens with zero attached hydrogens (tertiary/aromatic N) is 1. The smallest absolute Gasteiger partial charge is 0.329 e. The maximum atomic E-state index is 14.4. The molecule has 0 unspecified atom stereocenters. The van der Waals surface area contributed by atoms with E-state index in [1.807, 2.05) is 6.92 Å². The molecule has 1 saturated heterocycles. The molecule has 208 valence electrons. The van der Waals surface area contributed by atoms with E-state index in [1.165, 1.54) is 19.1 Å². The van der Waals surface area contributed by atoms with Gasteiger partial charge in [0.25, 0.3) is 5.56 Å². The first-order chi connectivity index (χ1) is 18.1. The van der Waals surface area contributed by atoms with Crippen molar-refractivity contribution in [2.45, 2.75) is 57.2 Å². The van der Waals surface area contributed by atoms with Crippen molar-refractivity contribution in [3.8, 4) is 0 Å². The van der Waals surface area contributed by atoms with Crippen LogP contribution in [0.2, 0.25) is 0 Å². The van der Waals surface area contributed by atoms with E-state index in [1.54, 1.807) is 0 Å². The van der Waals surface area contributed by atoms with E-state index in [2.05, 4.69) is 15.6 Å². The van der Waals surface area contributed by atoms with Crippen LogP contribution in [0.4, 0.5) is 13.2 Å². The van der Waals surface area contributed by atoms with Crippen LogP contribution in [-0.4, -0.2) is 40.8 Å². The third-order valence-electron chi connectivity index (χ3n) is 7.00. The highest BCUT2D eigenvalue weighted by atomic mass is 19.1. The number of carbonyl (C=O) groups is 1. The summed E-state index contributed by atoms with van der Waals surface area (Å²) in [6.07, 6.45) is 2.25. The summed E-state index contributed by atoms with van der Waals surface area (Å²) in [5.41, 5.74) is -2.22. The van der Waals surface area contributed by atoms with Crippen molar-refractivity contribution in [1.29, 1.82) is 0 Å². The lowest BCUT2D eigenvalue weighted by Crippen LogP contribution is -2.54. The van der Waals surface area contributed by atoms with Gasteiger partial charge in [0.15, 0.2) is 0 Å². The van der Waals surface area contributed by atoms with Crippen LogP contribution in [0.5, 0.6) is 0 Å². The van der Waals surface area contributed by atoms with Crippen molar-refractivity contribution in [3.63, 3.8) is 0 Å². The van der Waals surface area contributed by atoms with Crippen LogP contribution in [0.15, 0.2) is 46.0 Å². The number of nitrogens with one attached hydrogen (secondary N) is 3. The molecule has 0 bridgehead atoms. The first-order valence-corrected chi connectivity index (χ1v) is 12.7. The van der Waals surface area contributed by atoms with E-state index >= 15 is 0 Å². The van der Waals surface area contributed by atoms with Crippen LogP contribution in [-0.2, 0) is 9.53 Å². The van der Waals surface area contributed by atoms with Gasteiger partial charge >= 0.3 is 5.69 Å². The van der Waals surface area contributed by atoms with Gasteiger partial charge in [0.2, 0.25) is 5.91 Å². The Morgan fingerprint density at radius 1 is 1.16 bits per heavy atom. The third-order valence-corrected chi connectivity index (χ3v) is 7.00. The van der Waals surface area contributed by atoms with Crippen LogP contribution in [0.1, 0.15) is 60.0 Å². The lowest BCUT2D eigenvalue weighted by Gasteiger charge is -2.36. The molecule has 1 aliphatic rings. The Hall–Kier alpha value is -3.44. The molecular formula is C27H35F3N4O4. The molecule has 38 heavy (non-hydrogen) atoms. The maximum absolute atomic E-state index is 14.4. The van der Waals surface area contributed by atoms with Crippen LogP contribution in [0.3, 0.4) is 0 Å². The number of likely N-dealkylation sites (N-methyl/N-ethyl adjacent to an activating group) is 1. The molecule has 3 N–H and O–H groups in total. The quantitative estimate of drug-likeness (QED) is 0.404. The molecule has 8 nitrogen and oxygen atoms in total. The van der Waals surface area contributed by atoms with Gasteiger partial charge in [-0.05, 0) is 63.4 Å². The lowest BCUT2D eigenvalue weighted by molar-refractivity contribution is -0.126. The topological polar surface area (TPSA) is 105 Å². The number of hydrogen-bond acceptors (Lipinski definition) is 5. The second-order valence-corrected chi connectivity index (χ2v) is 9.73. The van der Waals surface area contributed by atoms with Gasteiger partial charge in [-0.1, -0.05) is 13.0 Å². The highest BCUT2D eigenvalue weighted by Gasteiger charge is 2.38. The summed E-state index contributed by atoms with van der Waals surface area (Å²) < 4.78 is 48.5. The van der Waals surface area contributed by atoms with Gasteiger partial charge in [-0.2, -0.15) is 0 Å². The number of aromatic nitrogens is 2. The van der Waals surface area contributed by atoms with E-state index in [4.69, 9.17) is 4.74 Å². The van der Waals surface area contributed by atoms with Crippen LogP contribution in [0, 0.1) is 17.5 Å². The Morgan fingerprint density at radius 2 is 1.89 bits per heavy atom. The van der Waals surface area contributed by atoms with Gasteiger partial charge < -0.3 is 20.4 Å². The zero-order chi connectivity index (χ0) is 27.4. The van der Waals surface area contributed by atoms with Gasteiger partial charge in [-0.15, -0.1) is 0 Å². The first kappa shape index (κ1) is 27.6. The Bertz CT molecular complexity index is 1440. The number of hydrogen-bond donors (Lipinski definition) is 3. The monoisotopic (exact) mass is 536 g/mol. The Morgan fingerprint density at radius 3 is 2.63 bits per heavy atom. The minimum Gasteiger partial charge on any atom is -0.380 e. The van der Waals surface area contributed by atoms with E-state index < -0.39 is 52.2 Å². The van der Waals surface area contributed by atoms with E-state index in [0.29, 0.717) is 25.6 Å². The number of amides is 1. The van der Waals surface area contributed by atoms with Gasteiger partial charge in [-0.3, -0.25) is 9.59 Å². The van der Waals surface area contributed by atoms with E-state index in [-0.39, 0.29) is 32.3 Å². The highest BCUT2D eigenvalue weighted by Crippen LogP contribution is 2.29. The normalized spacial score (nSPS) is 19.6. The summed E-state index contributed by atoms with van der Waals surface area (Å²) in [6.45, 7) is 4.76. The Kier molecular flexibility index (Phi) is 8.37. The SMILES string of the molecule is CCN[C@@]1(C[C@@H](C(=O)N[C@@H](C)c2ccc(F)cc2F)n2c(=O)[nH]c3ccc(F)cc3c2=O)CCCCOC1.[HH].[HH]. The van der Waals surface area contributed by atoms with Crippen molar-refractivity contribution in [3.05, 3.63) is 80.3 Å². The van der Waals surface area contributed by atoms with Crippen molar-refractivity contribution in [2.75, 3.05) is 19.8 Å². The molecule has 3 atom stereocenters. The average Bonchev–Trinajstić information content (AvgIpc) is 3.09. The molecule has 0 aliphatic carbocycles. The minimum atomic E-state index is -1.34. The molecule has 1 amide bonds. The molecule has 0 spiro atoms. The molecule has 1 aromatic heterocycles. The summed E-state index contributed by atoms with van der Waals surface area (Å²) >= 11 is 0. The lowest BCUT2D eigenvalue weighted by atomic mass is 9.86. The third kappa shape index (κ3) is 5.83. The van der Waals surface area contributed by atoms with E-state index in [9.17, 15) is 27.6 Å². The van der Waals surface area contributed by atoms with Gasteiger partial charge in [0.1, 0.15) is 23.5 Å². The number of rotatable bonds is 8. The van der Waals surface area contributed by atoms with Crippen LogP contribution < -0.4 is 21.9 Å². The van der Waals surface area contributed by atoms with Crippen molar-refractivity contribution in [2.24, 2.45) is 0 Å². The molecule has 1 fully saturated rings. The Balaban J connectivity index is 0.00000280. The average molecular weight is 537 g/mol. The summed E-state index contributed by atoms with van der Waals surface area (Å²) in [5, 5.41) is 5.97. The molecule has 2 heterocycles. The minimum absolute atomic E-state index is 0. The Labute approximate surface area is 220 Å². The van der Waals surface area contributed by atoms with Gasteiger partial charge in [0.05, 0.1) is 23.6 Å². The fourth-order valence-corrected chi connectivity index (χ4v) is 5.15. The summed E-state index contributed by atoms with van der Waals surface area (Å²) in [5.74, 6) is -2.99. The number of aromatic amines is 1. The molecule has 0 saturated carbocycles. The zero-order valence-corrected chi connectivity index (χ0v) is 21.3. The highest BCUT2D eigenvalue weighted by molar-refractivity contribution is 5.82. The molecular weight excluding hydrogens is 501 g/mol. The largest absolute Gasteiger partial charge is 0.380 e. The zero-order valence-electron chi connectivity index (χ0n) is 21.3. The number of benzene rings is 2. The summed E-state index contributed by atoms with van der Waals surface area (Å²) in [4.78, 5) is 43.0.